The first-order valence-corrected chi connectivity index (χ1v) is 5.26. The van der Waals surface area contributed by atoms with E-state index in [1.807, 2.05) is 0 Å². The van der Waals surface area contributed by atoms with Gasteiger partial charge in [0.2, 0.25) is 0 Å². The van der Waals surface area contributed by atoms with Gasteiger partial charge in [0.15, 0.2) is 0 Å². The van der Waals surface area contributed by atoms with Crippen LogP contribution in [0.2, 0.25) is 0 Å². The van der Waals surface area contributed by atoms with Gasteiger partial charge in [0.25, 0.3) is 0 Å². The molecule has 0 aromatic heterocycles. The van der Waals surface area contributed by atoms with E-state index in [2.05, 4.69) is 27.4 Å². The van der Waals surface area contributed by atoms with E-state index in [-0.39, 0.29) is 0 Å². The van der Waals surface area contributed by atoms with Gasteiger partial charge in [0, 0.05) is 0 Å². The molecule has 1 fully saturated rings. The van der Waals surface area contributed by atoms with Crippen molar-refractivity contribution < 1.29 is 0 Å². The van der Waals surface area contributed by atoms with Crippen molar-refractivity contribution >= 4 is 0 Å². The molecule has 0 heterocycles. The molecule has 0 aromatic rings. The molecule has 0 amide bonds. The van der Waals surface area contributed by atoms with Crippen LogP contribution in [0.5, 0.6) is 0 Å². The smallest absolute Gasteiger partial charge is 0.0294 e. The Balaban J connectivity index is 2.39. The summed E-state index contributed by atoms with van der Waals surface area (Å²) < 4.78 is 0. The van der Waals surface area contributed by atoms with Crippen LogP contribution in [-0.2, 0) is 0 Å². The van der Waals surface area contributed by atoms with Crippen LogP contribution in [0.15, 0.2) is 12.2 Å². The molecule has 2 atom stereocenters. The van der Waals surface area contributed by atoms with Gasteiger partial charge in [-0.2, -0.15) is 0 Å². The average Bonchev–Trinajstić information content (AvgIpc) is 1.94. The molecule has 0 aromatic carbocycles. The quantitative estimate of drug-likeness (QED) is 0.543. The lowest BCUT2D eigenvalue weighted by atomic mass is 9.75. The zero-order chi connectivity index (χ0) is 9.14. The summed E-state index contributed by atoms with van der Waals surface area (Å²) in [5.74, 6) is 2.72. The molecule has 0 unspecified atom stereocenters. The highest BCUT2D eigenvalue weighted by molar-refractivity contribution is 5.00. The first kappa shape index (κ1) is 9.83. The van der Waals surface area contributed by atoms with Gasteiger partial charge in [-0.05, 0) is 43.4 Å². The summed E-state index contributed by atoms with van der Waals surface area (Å²) in [6.07, 6.45) is 5.35. The Kier molecular flexibility index (Phi) is 3.37. The molecular weight excluding hydrogens is 144 g/mol. The summed E-state index contributed by atoms with van der Waals surface area (Å²) in [5, 5.41) is 0. The minimum absolute atomic E-state index is 0.865. The van der Waals surface area contributed by atoms with Gasteiger partial charge < -0.3 is 0 Å². The van der Waals surface area contributed by atoms with E-state index in [9.17, 15) is 0 Å². The zero-order valence-corrected chi connectivity index (χ0v) is 8.77. The van der Waals surface area contributed by atoms with Crippen LogP contribution in [0.4, 0.5) is 0 Å². The van der Waals surface area contributed by atoms with Crippen molar-refractivity contribution in [1.82, 2.24) is 0 Å². The molecule has 1 aliphatic rings. The van der Waals surface area contributed by atoms with Crippen molar-refractivity contribution in [2.75, 3.05) is 0 Å². The van der Waals surface area contributed by atoms with Crippen LogP contribution < -0.4 is 0 Å². The Morgan fingerprint density at radius 3 is 2.67 bits per heavy atom. The molecule has 1 aliphatic carbocycles. The van der Waals surface area contributed by atoms with Gasteiger partial charge in [-0.15, -0.1) is 0 Å². The minimum atomic E-state index is 0.865. The molecule has 0 saturated heterocycles. The van der Waals surface area contributed by atoms with Gasteiger partial charge in [-0.25, -0.2) is 0 Å². The van der Waals surface area contributed by atoms with Crippen molar-refractivity contribution in [1.29, 1.82) is 0 Å². The van der Waals surface area contributed by atoms with Gasteiger partial charge in [-0.3, -0.25) is 0 Å². The number of hydrogen-bond acceptors (Lipinski definition) is 0. The normalized spacial score (nSPS) is 31.2. The third kappa shape index (κ3) is 2.66. The van der Waals surface area contributed by atoms with E-state index in [4.69, 9.17) is 0 Å². The summed E-state index contributed by atoms with van der Waals surface area (Å²) in [6, 6.07) is 0. The molecule has 1 rings (SSSR count). The van der Waals surface area contributed by atoms with Crippen LogP contribution in [0.3, 0.4) is 0 Å². The molecular formula is C12H22. The zero-order valence-electron chi connectivity index (χ0n) is 8.77. The van der Waals surface area contributed by atoms with E-state index in [0.29, 0.717) is 0 Å². The lowest BCUT2D eigenvalue weighted by Crippen LogP contribution is -2.19. The van der Waals surface area contributed by atoms with Crippen molar-refractivity contribution in [2.24, 2.45) is 17.8 Å². The summed E-state index contributed by atoms with van der Waals surface area (Å²) >= 11 is 0. The highest BCUT2D eigenvalue weighted by Crippen LogP contribution is 2.35. The van der Waals surface area contributed by atoms with Crippen LogP contribution in [0.1, 0.15) is 46.5 Å². The maximum absolute atomic E-state index is 4.08. The third-order valence-corrected chi connectivity index (χ3v) is 3.06. The second-order valence-electron chi connectivity index (χ2n) is 4.86. The standard InChI is InChI=1S/C12H22/c1-9(2)7-12-6-5-10(3)8-11(12)4/h9,11-12H,3,5-8H2,1-2,4H3/t11-,12+/m1/s1. The second kappa shape index (κ2) is 4.11. The molecule has 1 saturated carbocycles. The first-order valence-electron chi connectivity index (χ1n) is 5.26. The van der Waals surface area contributed by atoms with Crippen LogP contribution in [0.25, 0.3) is 0 Å². The molecule has 0 spiro atoms. The predicted molar refractivity (Wildman–Crippen MR) is 55.1 cm³/mol. The first-order chi connectivity index (χ1) is 5.59. The van der Waals surface area contributed by atoms with E-state index in [1.165, 1.54) is 31.3 Å². The topological polar surface area (TPSA) is 0 Å². The van der Waals surface area contributed by atoms with Crippen LogP contribution in [-0.4, -0.2) is 0 Å². The molecule has 0 radical (unpaired) electrons. The Morgan fingerprint density at radius 1 is 1.50 bits per heavy atom. The number of allylic oxidation sites excluding steroid dienone is 1. The largest absolute Gasteiger partial charge is 0.0999 e. The molecule has 0 bridgehead atoms. The van der Waals surface area contributed by atoms with Crippen molar-refractivity contribution in [3.8, 4) is 0 Å². The molecule has 12 heavy (non-hydrogen) atoms. The van der Waals surface area contributed by atoms with Gasteiger partial charge in [0.1, 0.15) is 0 Å². The molecule has 0 N–H and O–H groups in total. The minimum Gasteiger partial charge on any atom is -0.0999 e. The predicted octanol–water partition coefficient (Wildman–Crippen LogP) is 4.02. The summed E-state index contributed by atoms with van der Waals surface area (Å²) in [6.45, 7) is 11.1. The summed E-state index contributed by atoms with van der Waals surface area (Å²) in [7, 11) is 0. The fraction of sp³-hybridized carbons (Fsp3) is 0.833. The fourth-order valence-electron chi connectivity index (χ4n) is 2.35. The van der Waals surface area contributed by atoms with Crippen molar-refractivity contribution in [2.45, 2.75) is 46.5 Å². The Labute approximate surface area is 77.1 Å². The van der Waals surface area contributed by atoms with Crippen molar-refractivity contribution in [3.05, 3.63) is 12.2 Å². The Hall–Kier alpha value is -0.260. The summed E-state index contributed by atoms with van der Waals surface area (Å²) in [4.78, 5) is 0. The molecule has 70 valence electrons. The van der Waals surface area contributed by atoms with E-state index >= 15 is 0 Å². The van der Waals surface area contributed by atoms with Gasteiger partial charge in [-0.1, -0.05) is 32.9 Å². The van der Waals surface area contributed by atoms with Crippen molar-refractivity contribution in [3.63, 3.8) is 0 Å². The van der Waals surface area contributed by atoms with E-state index < -0.39 is 0 Å². The Morgan fingerprint density at radius 2 is 2.17 bits per heavy atom. The Bertz CT molecular complexity index is 155. The highest BCUT2D eigenvalue weighted by Gasteiger charge is 2.23. The SMILES string of the molecule is C=C1CC[C@@H](CC(C)C)[C@H](C)C1. The lowest BCUT2D eigenvalue weighted by molar-refractivity contribution is 0.253. The fourth-order valence-corrected chi connectivity index (χ4v) is 2.35. The molecule has 0 heteroatoms. The van der Waals surface area contributed by atoms with Crippen LogP contribution in [0, 0.1) is 17.8 Å². The summed E-state index contributed by atoms with van der Waals surface area (Å²) in [5.41, 5.74) is 1.47. The molecule has 0 nitrogen and oxygen atoms in total. The van der Waals surface area contributed by atoms with E-state index in [1.54, 1.807) is 0 Å². The number of rotatable bonds is 2. The highest BCUT2D eigenvalue weighted by atomic mass is 14.3. The maximum atomic E-state index is 4.08. The van der Waals surface area contributed by atoms with Gasteiger partial charge >= 0.3 is 0 Å². The average molecular weight is 166 g/mol. The molecule has 0 aliphatic heterocycles. The van der Waals surface area contributed by atoms with Crippen LogP contribution >= 0.6 is 0 Å². The monoisotopic (exact) mass is 166 g/mol. The van der Waals surface area contributed by atoms with E-state index in [0.717, 1.165) is 17.8 Å². The lowest BCUT2D eigenvalue weighted by Gasteiger charge is -2.31. The second-order valence-corrected chi connectivity index (χ2v) is 4.86. The van der Waals surface area contributed by atoms with Gasteiger partial charge in [0.05, 0.1) is 0 Å². The number of hydrogen-bond donors (Lipinski definition) is 0. The maximum Gasteiger partial charge on any atom is -0.0294 e. The third-order valence-electron chi connectivity index (χ3n) is 3.06.